The molecule has 3 fully saturated rings. The van der Waals surface area contributed by atoms with Crippen LogP contribution >= 0.6 is 0 Å². The largest absolute Gasteiger partial charge is 0.363 e. The third-order valence-electron chi connectivity index (χ3n) is 9.82. The normalized spacial score (nSPS) is 24.2. The predicted molar refractivity (Wildman–Crippen MR) is 166 cm³/mol. The first-order valence-corrected chi connectivity index (χ1v) is 15.7. The van der Waals surface area contributed by atoms with Gasteiger partial charge in [0.15, 0.2) is 0 Å². The number of carbonyl (C=O) groups is 6. The smallest absolute Gasteiger partial charge is 0.316 e. The van der Waals surface area contributed by atoms with Crippen molar-refractivity contribution >= 4 is 35.4 Å². The molecule has 12 nitrogen and oxygen atoms in total. The maximum atomic E-state index is 14.2. The molecule has 1 saturated heterocycles. The highest BCUT2D eigenvalue weighted by atomic mass is 16.2. The molecular weight excluding hydrogens is 564 g/mol. The van der Waals surface area contributed by atoms with Crippen molar-refractivity contribution in [2.24, 2.45) is 40.2 Å². The van der Waals surface area contributed by atoms with Crippen molar-refractivity contribution < 1.29 is 28.8 Å². The van der Waals surface area contributed by atoms with Crippen LogP contribution in [0.1, 0.15) is 74.1 Å². The van der Waals surface area contributed by atoms with E-state index in [9.17, 15) is 28.8 Å². The summed E-state index contributed by atoms with van der Waals surface area (Å²) in [5.74, 6) is -3.22. The fourth-order valence-corrected chi connectivity index (χ4v) is 6.70. The van der Waals surface area contributed by atoms with Gasteiger partial charge < -0.3 is 31.5 Å². The Morgan fingerprint density at radius 2 is 1.68 bits per heavy atom. The van der Waals surface area contributed by atoms with E-state index in [-0.39, 0.29) is 35.0 Å². The number of Topliss-reactive ketones (excluding diaryl/α,β-unsaturated/α-hetero) is 1. The Balaban J connectivity index is 1.82. The number of nitrogens with one attached hydrogen (secondary N) is 3. The summed E-state index contributed by atoms with van der Waals surface area (Å²) >= 11 is 0. The first kappa shape index (κ1) is 35.0. The van der Waals surface area contributed by atoms with Crippen molar-refractivity contribution in [3.8, 4) is 0 Å². The average Bonchev–Trinajstić information content (AvgIpc) is 3.21. The van der Waals surface area contributed by atoms with E-state index in [2.05, 4.69) is 22.5 Å². The summed E-state index contributed by atoms with van der Waals surface area (Å²) in [5.41, 5.74) is 4.37. The third kappa shape index (κ3) is 7.43. The van der Waals surface area contributed by atoms with Gasteiger partial charge in [-0.25, -0.2) is 4.79 Å². The molecule has 0 bridgehead atoms. The molecule has 0 aromatic carbocycles. The highest BCUT2D eigenvalue weighted by molar-refractivity contribution is 6.37. The number of nitrogens with zero attached hydrogens (tertiary/aromatic N) is 2. The average molecular weight is 617 g/mol. The van der Waals surface area contributed by atoms with E-state index in [4.69, 9.17) is 5.73 Å². The van der Waals surface area contributed by atoms with Gasteiger partial charge in [0.25, 0.3) is 5.91 Å². The van der Waals surface area contributed by atoms with Gasteiger partial charge >= 0.3 is 6.03 Å². The van der Waals surface area contributed by atoms with E-state index in [1.807, 2.05) is 48.5 Å². The van der Waals surface area contributed by atoms with Crippen LogP contribution in [0.25, 0.3) is 0 Å². The molecule has 1 aliphatic heterocycles. The van der Waals surface area contributed by atoms with Crippen molar-refractivity contribution in [2.45, 2.75) is 98.3 Å². The maximum absolute atomic E-state index is 14.2. The number of primary amides is 1. The number of carbonyl (C=O) groups excluding carboxylic acids is 6. The lowest BCUT2D eigenvalue weighted by Crippen LogP contribution is -2.62. The molecule has 2 saturated carbocycles. The van der Waals surface area contributed by atoms with Crippen LogP contribution in [-0.4, -0.2) is 89.5 Å². The molecule has 44 heavy (non-hydrogen) atoms. The molecule has 6 atom stereocenters. The number of rotatable bonds is 13. The quantitative estimate of drug-likeness (QED) is 0.181. The Morgan fingerprint density at radius 1 is 1.07 bits per heavy atom. The van der Waals surface area contributed by atoms with Crippen molar-refractivity contribution in [1.82, 2.24) is 25.8 Å². The van der Waals surface area contributed by atoms with Crippen molar-refractivity contribution in [3.05, 3.63) is 12.7 Å². The molecule has 2 aliphatic carbocycles. The van der Waals surface area contributed by atoms with Gasteiger partial charge in [0.05, 0.1) is 6.04 Å². The number of fused-ring (bicyclic) bond motifs is 1. The molecule has 0 radical (unpaired) electrons. The van der Waals surface area contributed by atoms with Gasteiger partial charge in [-0.2, -0.15) is 0 Å². The number of piperidine rings is 1. The van der Waals surface area contributed by atoms with Gasteiger partial charge in [-0.15, -0.1) is 6.58 Å². The Bertz CT molecular complexity index is 1170. The van der Waals surface area contributed by atoms with Gasteiger partial charge in [-0.3, -0.25) is 24.0 Å². The van der Waals surface area contributed by atoms with E-state index in [1.54, 1.807) is 13.1 Å². The van der Waals surface area contributed by atoms with Crippen molar-refractivity contribution in [1.29, 1.82) is 0 Å². The number of likely N-dealkylation sites (N-methyl/N-ethyl adjacent to an activating group) is 1. The first-order valence-electron chi connectivity index (χ1n) is 15.7. The summed E-state index contributed by atoms with van der Waals surface area (Å²) in [6.45, 7) is 17.5. The fourth-order valence-electron chi connectivity index (χ4n) is 6.70. The number of amides is 6. The molecule has 0 unspecified atom stereocenters. The minimum atomic E-state index is -1.10. The second-order valence-corrected chi connectivity index (χ2v) is 14.9. The van der Waals surface area contributed by atoms with E-state index in [1.165, 1.54) is 9.80 Å². The SMILES string of the molecule is C=CCN(C)C(=O)[C@@H](NC(=O)N[C@H](C(=O)N1C[C@H]2[C@@H]([C@H]1C(=O)N[C@@H](CC1CCC1)C(=O)C(N)=O)C2(C)C)C(C)(C)C)C(C)C. The zero-order valence-corrected chi connectivity index (χ0v) is 27.6. The standard InChI is InChI=1S/C32H52N6O6/c1-10-14-37(9)28(42)22(17(2)3)35-30(44)36-25(31(4,5)6)29(43)38-16-19-21(32(19,7)8)23(38)27(41)34-20(24(39)26(33)40)15-18-12-11-13-18/h10,17-23,25H,1,11-16H2,2-9H3,(H2,33,40)(H,34,41)(H2,35,36,44)/t19-,20-,21-,22-,23-,25+/m0/s1. The van der Waals surface area contributed by atoms with E-state index in [0.717, 1.165) is 19.3 Å². The maximum Gasteiger partial charge on any atom is 0.316 e. The molecule has 0 spiro atoms. The summed E-state index contributed by atoms with van der Waals surface area (Å²) in [6, 6.07) is -4.44. The topological polar surface area (TPSA) is 171 Å². The minimum absolute atomic E-state index is 0.0666. The Labute approximate surface area is 261 Å². The monoisotopic (exact) mass is 616 g/mol. The van der Waals surface area contributed by atoms with Gasteiger partial charge in [0.1, 0.15) is 18.1 Å². The van der Waals surface area contributed by atoms with Gasteiger partial charge in [-0.05, 0) is 40.9 Å². The van der Waals surface area contributed by atoms with Gasteiger partial charge in [-0.1, -0.05) is 73.8 Å². The number of hydrogen-bond donors (Lipinski definition) is 4. The minimum Gasteiger partial charge on any atom is -0.363 e. The van der Waals surface area contributed by atoms with Crippen LogP contribution in [0.3, 0.4) is 0 Å². The molecule has 6 amide bonds. The summed E-state index contributed by atoms with van der Waals surface area (Å²) in [4.78, 5) is 81.8. The Hall–Kier alpha value is -3.44. The lowest BCUT2D eigenvalue weighted by Gasteiger charge is -2.38. The van der Waals surface area contributed by atoms with Crippen LogP contribution in [-0.2, 0) is 24.0 Å². The first-order chi connectivity index (χ1) is 20.3. The van der Waals surface area contributed by atoms with E-state index < -0.39 is 59.1 Å². The lowest BCUT2D eigenvalue weighted by molar-refractivity contribution is -0.145. The van der Waals surface area contributed by atoms with Crippen LogP contribution in [0, 0.1) is 34.5 Å². The predicted octanol–water partition coefficient (Wildman–Crippen LogP) is 1.58. The molecule has 0 aromatic heterocycles. The Morgan fingerprint density at radius 3 is 2.16 bits per heavy atom. The number of hydrogen-bond acceptors (Lipinski definition) is 6. The highest BCUT2D eigenvalue weighted by Crippen LogP contribution is 2.65. The summed E-state index contributed by atoms with van der Waals surface area (Å²) in [6.07, 6.45) is 4.79. The number of nitrogens with two attached hydrogens (primary N) is 1. The van der Waals surface area contributed by atoms with Crippen LogP contribution in [0.2, 0.25) is 0 Å². The Kier molecular flexibility index (Phi) is 10.6. The molecule has 1 heterocycles. The summed E-state index contributed by atoms with van der Waals surface area (Å²) in [7, 11) is 1.62. The third-order valence-corrected chi connectivity index (χ3v) is 9.82. The zero-order chi connectivity index (χ0) is 33.3. The van der Waals surface area contributed by atoms with Crippen LogP contribution in [0.5, 0.6) is 0 Å². The van der Waals surface area contributed by atoms with Gasteiger partial charge in [0, 0.05) is 20.1 Å². The van der Waals surface area contributed by atoms with Crippen LogP contribution in [0.15, 0.2) is 12.7 Å². The molecule has 5 N–H and O–H groups in total. The second-order valence-electron chi connectivity index (χ2n) is 14.9. The van der Waals surface area contributed by atoms with E-state index in [0.29, 0.717) is 19.5 Å². The molecule has 3 rings (SSSR count). The second kappa shape index (κ2) is 13.3. The number of ketones is 1. The molecule has 0 aromatic rings. The molecular formula is C32H52N6O6. The summed E-state index contributed by atoms with van der Waals surface area (Å²) < 4.78 is 0. The van der Waals surface area contributed by atoms with Crippen molar-refractivity contribution in [2.75, 3.05) is 20.1 Å². The number of urea groups is 1. The zero-order valence-electron chi connectivity index (χ0n) is 27.6. The van der Waals surface area contributed by atoms with Crippen molar-refractivity contribution in [3.63, 3.8) is 0 Å². The molecule has 3 aliphatic rings. The highest BCUT2D eigenvalue weighted by Gasteiger charge is 2.70. The molecule has 12 heteroatoms. The number of likely N-dealkylation sites (tertiary alicyclic amines) is 1. The van der Waals surface area contributed by atoms with E-state index >= 15 is 0 Å². The molecule has 246 valence electrons. The fraction of sp³-hybridized carbons (Fsp3) is 0.750. The summed E-state index contributed by atoms with van der Waals surface area (Å²) in [5, 5.41) is 8.31. The van der Waals surface area contributed by atoms with Crippen LogP contribution < -0.4 is 21.7 Å². The lowest BCUT2D eigenvalue weighted by atomic mass is 9.80. The van der Waals surface area contributed by atoms with Gasteiger partial charge in [0.2, 0.25) is 23.5 Å². The van der Waals surface area contributed by atoms with Crippen LogP contribution in [0.4, 0.5) is 4.79 Å².